The maximum atomic E-state index is 11.6. The van der Waals surface area contributed by atoms with E-state index in [1.54, 1.807) is 7.11 Å². The predicted molar refractivity (Wildman–Crippen MR) is 71.4 cm³/mol. The van der Waals surface area contributed by atoms with Crippen LogP contribution in [-0.2, 0) is 14.3 Å². The van der Waals surface area contributed by atoms with Crippen LogP contribution in [0.1, 0.15) is 13.3 Å². The molecule has 16 heavy (non-hydrogen) atoms. The number of carbonyl (C=O) groups is 1. The molecule has 0 radical (unpaired) electrons. The van der Waals surface area contributed by atoms with E-state index in [9.17, 15) is 4.79 Å². The lowest BCUT2D eigenvalue weighted by atomic mass is 10.0. The minimum absolute atomic E-state index is 0.0745. The van der Waals surface area contributed by atoms with Crippen molar-refractivity contribution in [3.63, 3.8) is 0 Å². The molecule has 1 amide bonds. The molecule has 0 unspecified atom stereocenters. The molecule has 0 rings (SSSR count). The van der Waals surface area contributed by atoms with Crippen molar-refractivity contribution in [2.45, 2.75) is 18.9 Å². The number of amides is 1. The molecular formula is C10H19Br2NO3. The molecule has 0 aromatic heterocycles. The molecule has 0 aliphatic heterocycles. The van der Waals surface area contributed by atoms with E-state index in [0.717, 1.165) is 6.42 Å². The van der Waals surface area contributed by atoms with E-state index in [-0.39, 0.29) is 18.1 Å². The van der Waals surface area contributed by atoms with Gasteiger partial charge in [-0.2, -0.15) is 0 Å². The Morgan fingerprint density at radius 2 is 1.94 bits per heavy atom. The zero-order chi connectivity index (χ0) is 12.4. The zero-order valence-electron chi connectivity index (χ0n) is 9.72. The number of halogens is 2. The van der Waals surface area contributed by atoms with Gasteiger partial charge in [0.25, 0.3) is 0 Å². The van der Waals surface area contributed by atoms with E-state index < -0.39 is 0 Å². The van der Waals surface area contributed by atoms with Gasteiger partial charge in [-0.1, -0.05) is 38.8 Å². The summed E-state index contributed by atoms with van der Waals surface area (Å²) >= 11 is 6.82. The van der Waals surface area contributed by atoms with Crippen molar-refractivity contribution >= 4 is 37.8 Å². The molecule has 0 spiro atoms. The third kappa shape index (κ3) is 6.18. The molecule has 0 aromatic rings. The van der Waals surface area contributed by atoms with E-state index in [1.807, 2.05) is 6.92 Å². The van der Waals surface area contributed by atoms with Crippen molar-refractivity contribution in [1.29, 1.82) is 0 Å². The maximum absolute atomic E-state index is 11.6. The highest BCUT2D eigenvalue weighted by atomic mass is 79.9. The van der Waals surface area contributed by atoms with Crippen LogP contribution in [-0.4, -0.2) is 49.0 Å². The third-order valence-electron chi connectivity index (χ3n) is 2.26. The molecule has 0 heterocycles. The predicted octanol–water partition coefficient (Wildman–Crippen LogP) is 1.70. The minimum Gasteiger partial charge on any atom is -0.382 e. The largest absolute Gasteiger partial charge is 0.382 e. The van der Waals surface area contributed by atoms with Gasteiger partial charge in [-0.25, -0.2) is 0 Å². The summed E-state index contributed by atoms with van der Waals surface area (Å²) in [7, 11) is 1.60. The summed E-state index contributed by atoms with van der Waals surface area (Å²) in [5.74, 6) is -0.100. The van der Waals surface area contributed by atoms with Gasteiger partial charge in [-0.05, 0) is 6.42 Å². The van der Waals surface area contributed by atoms with Crippen LogP contribution in [0.15, 0.2) is 0 Å². The molecule has 0 aliphatic rings. The standard InChI is InChI=1S/C10H19Br2NO3/c1-3-10(7-11,8-12)13-9(14)6-16-5-4-15-2/h3-8H2,1-2H3,(H,13,14). The average Bonchev–Trinajstić information content (AvgIpc) is 2.32. The molecule has 96 valence electrons. The highest BCUT2D eigenvalue weighted by Gasteiger charge is 2.27. The van der Waals surface area contributed by atoms with Gasteiger partial charge in [-0.15, -0.1) is 0 Å². The second kappa shape index (κ2) is 9.39. The van der Waals surface area contributed by atoms with Crippen molar-refractivity contribution in [2.24, 2.45) is 0 Å². The SMILES string of the molecule is CCC(CBr)(CBr)NC(=O)COCCOC. The van der Waals surface area contributed by atoms with Gasteiger partial charge in [0.15, 0.2) is 0 Å². The van der Waals surface area contributed by atoms with Gasteiger partial charge in [-0.3, -0.25) is 4.79 Å². The van der Waals surface area contributed by atoms with Crippen LogP contribution >= 0.6 is 31.9 Å². The Labute approximate surface area is 114 Å². The first-order valence-electron chi connectivity index (χ1n) is 5.13. The highest BCUT2D eigenvalue weighted by Crippen LogP contribution is 2.16. The first-order chi connectivity index (χ1) is 7.64. The smallest absolute Gasteiger partial charge is 0.246 e. The Bertz CT molecular complexity index is 190. The average molecular weight is 361 g/mol. The number of nitrogens with one attached hydrogen (secondary N) is 1. The Kier molecular flexibility index (Phi) is 9.59. The molecule has 0 bridgehead atoms. The van der Waals surface area contributed by atoms with Gasteiger partial charge in [0.05, 0.1) is 18.8 Å². The van der Waals surface area contributed by atoms with Crippen molar-refractivity contribution in [2.75, 3.05) is 37.6 Å². The minimum atomic E-state index is -0.234. The molecule has 0 saturated heterocycles. The Hall–Kier alpha value is 0.350. The Morgan fingerprint density at radius 3 is 2.38 bits per heavy atom. The van der Waals surface area contributed by atoms with Crippen molar-refractivity contribution < 1.29 is 14.3 Å². The second-order valence-corrected chi connectivity index (χ2v) is 4.62. The first-order valence-corrected chi connectivity index (χ1v) is 7.38. The number of ether oxygens (including phenoxy) is 2. The molecule has 0 atom stereocenters. The van der Waals surface area contributed by atoms with E-state index in [0.29, 0.717) is 23.9 Å². The molecule has 0 fully saturated rings. The molecule has 0 saturated carbocycles. The van der Waals surface area contributed by atoms with Crippen LogP contribution in [0.5, 0.6) is 0 Å². The Balaban J connectivity index is 3.91. The van der Waals surface area contributed by atoms with Crippen LogP contribution < -0.4 is 5.32 Å². The monoisotopic (exact) mass is 359 g/mol. The summed E-state index contributed by atoms with van der Waals surface area (Å²) in [6.45, 7) is 3.05. The van der Waals surface area contributed by atoms with E-state index in [2.05, 4.69) is 37.2 Å². The van der Waals surface area contributed by atoms with E-state index in [4.69, 9.17) is 9.47 Å². The van der Waals surface area contributed by atoms with Crippen LogP contribution in [0, 0.1) is 0 Å². The number of hydrogen-bond acceptors (Lipinski definition) is 3. The number of alkyl halides is 2. The zero-order valence-corrected chi connectivity index (χ0v) is 12.9. The fourth-order valence-corrected chi connectivity index (χ4v) is 3.02. The van der Waals surface area contributed by atoms with Crippen LogP contribution in [0.4, 0.5) is 0 Å². The molecule has 0 aromatic carbocycles. The van der Waals surface area contributed by atoms with Gasteiger partial charge in [0.1, 0.15) is 6.61 Å². The van der Waals surface area contributed by atoms with Gasteiger partial charge in [0, 0.05) is 17.8 Å². The number of methoxy groups -OCH3 is 1. The maximum Gasteiger partial charge on any atom is 0.246 e. The summed E-state index contributed by atoms with van der Waals surface area (Å²) < 4.78 is 9.96. The third-order valence-corrected chi connectivity index (χ3v) is 4.40. The lowest BCUT2D eigenvalue weighted by Crippen LogP contribution is -2.52. The summed E-state index contributed by atoms with van der Waals surface area (Å²) in [6, 6.07) is 0. The van der Waals surface area contributed by atoms with Crippen molar-refractivity contribution in [3.8, 4) is 0 Å². The quantitative estimate of drug-likeness (QED) is 0.503. The van der Waals surface area contributed by atoms with Gasteiger partial charge >= 0.3 is 0 Å². The molecule has 4 nitrogen and oxygen atoms in total. The Morgan fingerprint density at radius 1 is 1.31 bits per heavy atom. The highest BCUT2D eigenvalue weighted by molar-refractivity contribution is 9.09. The fraction of sp³-hybridized carbons (Fsp3) is 0.900. The van der Waals surface area contributed by atoms with Crippen LogP contribution in [0.3, 0.4) is 0 Å². The lowest BCUT2D eigenvalue weighted by molar-refractivity contribution is -0.127. The fourth-order valence-electron chi connectivity index (χ4n) is 1.02. The lowest BCUT2D eigenvalue weighted by Gasteiger charge is -2.29. The van der Waals surface area contributed by atoms with E-state index >= 15 is 0 Å². The summed E-state index contributed by atoms with van der Waals surface area (Å²) in [5, 5.41) is 4.39. The van der Waals surface area contributed by atoms with Crippen molar-refractivity contribution in [3.05, 3.63) is 0 Å². The molecule has 0 aliphatic carbocycles. The molecular weight excluding hydrogens is 342 g/mol. The van der Waals surface area contributed by atoms with Gasteiger partial charge in [0.2, 0.25) is 5.91 Å². The second-order valence-electron chi connectivity index (χ2n) is 3.49. The summed E-state index contributed by atoms with van der Waals surface area (Å²) in [6.07, 6.45) is 0.854. The van der Waals surface area contributed by atoms with Crippen LogP contribution in [0.25, 0.3) is 0 Å². The summed E-state index contributed by atoms with van der Waals surface area (Å²) in [4.78, 5) is 11.6. The first kappa shape index (κ1) is 16.4. The number of hydrogen-bond donors (Lipinski definition) is 1. The summed E-state index contributed by atoms with van der Waals surface area (Å²) in [5.41, 5.74) is -0.234. The molecule has 6 heteroatoms. The van der Waals surface area contributed by atoms with Gasteiger partial charge < -0.3 is 14.8 Å². The van der Waals surface area contributed by atoms with E-state index in [1.165, 1.54) is 0 Å². The number of rotatable bonds is 9. The normalized spacial score (nSPS) is 11.5. The van der Waals surface area contributed by atoms with Crippen LogP contribution in [0.2, 0.25) is 0 Å². The van der Waals surface area contributed by atoms with Crippen molar-refractivity contribution in [1.82, 2.24) is 5.32 Å². The number of carbonyl (C=O) groups excluding carboxylic acids is 1. The topological polar surface area (TPSA) is 47.6 Å². The molecule has 1 N–H and O–H groups in total.